The van der Waals surface area contributed by atoms with Crippen LogP contribution in [0.4, 0.5) is 0 Å². The van der Waals surface area contributed by atoms with Crippen LogP contribution in [-0.4, -0.2) is 64.1 Å². The van der Waals surface area contributed by atoms with Crippen LogP contribution in [-0.2, 0) is 19.9 Å². The highest BCUT2D eigenvalue weighted by Gasteiger charge is 2.42. The molecule has 1 saturated heterocycles. The van der Waals surface area contributed by atoms with Crippen LogP contribution in [0.15, 0.2) is 29.2 Å². The first-order valence-electron chi connectivity index (χ1n) is 6.18. The summed E-state index contributed by atoms with van der Waals surface area (Å²) in [5.74, 6) is -0.278. The van der Waals surface area contributed by atoms with Gasteiger partial charge in [0, 0.05) is 7.05 Å². The van der Waals surface area contributed by atoms with Crippen molar-refractivity contribution in [3.05, 3.63) is 24.3 Å². The van der Waals surface area contributed by atoms with Crippen LogP contribution in [0.2, 0.25) is 0 Å². The quantitative estimate of drug-likeness (QED) is 0.794. The van der Waals surface area contributed by atoms with Crippen LogP contribution >= 0.6 is 0 Å². The highest BCUT2D eigenvalue weighted by molar-refractivity contribution is 7.92. The molecule has 1 heterocycles. The molecule has 0 amide bonds. The molecule has 0 bridgehead atoms. The number of sulfone groups is 1. The smallest absolute Gasteiger partial charge is 0.243 e. The third-order valence-electron chi connectivity index (χ3n) is 3.50. The van der Waals surface area contributed by atoms with Gasteiger partial charge in [-0.15, -0.1) is 0 Å². The first-order valence-corrected chi connectivity index (χ1v) is 9.44. The zero-order chi connectivity index (χ0) is 15.8. The molecule has 7 nitrogen and oxygen atoms in total. The predicted molar refractivity (Wildman–Crippen MR) is 76.4 cm³/mol. The van der Waals surface area contributed by atoms with E-state index in [9.17, 15) is 21.9 Å². The van der Waals surface area contributed by atoms with Crippen LogP contribution in [0.1, 0.15) is 0 Å². The van der Waals surface area contributed by atoms with Gasteiger partial charge in [-0.05, 0) is 24.3 Å². The van der Waals surface area contributed by atoms with E-state index in [-0.39, 0.29) is 10.6 Å². The van der Waals surface area contributed by atoms with Gasteiger partial charge in [0.25, 0.3) is 0 Å². The van der Waals surface area contributed by atoms with Crippen molar-refractivity contribution in [2.24, 2.45) is 0 Å². The average Bonchev–Trinajstić information content (AvgIpc) is 2.71. The van der Waals surface area contributed by atoms with E-state index in [4.69, 9.17) is 4.74 Å². The Morgan fingerprint density at radius 3 is 2.24 bits per heavy atom. The first kappa shape index (κ1) is 16.2. The van der Waals surface area contributed by atoms with Gasteiger partial charge in [-0.2, -0.15) is 4.31 Å². The Labute approximate surface area is 124 Å². The van der Waals surface area contributed by atoms with Gasteiger partial charge in [0.1, 0.15) is 5.75 Å². The van der Waals surface area contributed by atoms with E-state index in [1.54, 1.807) is 0 Å². The molecule has 21 heavy (non-hydrogen) atoms. The monoisotopic (exact) mass is 335 g/mol. The van der Waals surface area contributed by atoms with E-state index < -0.39 is 37.8 Å². The SMILES string of the molecule is COc1ccc(S(=O)(=O)N(C)[C@@H]2CS(=O)(=O)C[C@H]2O)cc1. The summed E-state index contributed by atoms with van der Waals surface area (Å²) in [7, 11) is -4.56. The zero-order valence-electron chi connectivity index (χ0n) is 11.6. The minimum atomic E-state index is -3.88. The standard InChI is InChI=1S/C12H17NO6S2/c1-13(11-7-20(15,16)8-12(11)14)21(17,18)10-5-3-9(19-2)4-6-10/h3-6,11-12,14H,7-8H2,1-2H3/t11-,12-/m1/s1. The lowest BCUT2D eigenvalue weighted by atomic mass is 10.2. The average molecular weight is 335 g/mol. The van der Waals surface area contributed by atoms with Crippen molar-refractivity contribution in [2.45, 2.75) is 17.0 Å². The Kier molecular flexibility index (Phi) is 4.29. The summed E-state index contributed by atoms with van der Waals surface area (Å²) in [4.78, 5) is 0.0160. The Morgan fingerprint density at radius 1 is 1.24 bits per heavy atom. The molecule has 1 aromatic carbocycles. The van der Waals surface area contributed by atoms with E-state index in [1.165, 1.54) is 38.4 Å². The fraction of sp³-hybridized carbons (Fsp3) is 0.500. The molecule has 0 spiro atoms. The molecule has 1 aromatic rings. The minimum Gasteiger partial charge on any atom is -0.497 e. The number of nitrogens with zero attached hydrogens (tertiary/aromatic N) is 1. The number of aliphatic hydroxyl groups excluding tert-OH is 1. The number of methoxy groups -OCH3 is 1. The molecule has 0 unspecified atom stereocenters. The van der Waals surface area contributed by atoms with Gasteiger partial charge in [0.05, 0.1) is 35.7 Å². The third kappa shape index (κ3) is 3.20. The van der Waals surface area contributed by atoms with Crippen molar-refractivity contribution in [3.8, 4) is 5.75 Å². The van der Waals surface area contributed by atoms with Gasteiger partial charge in [-0.1, -0.05) is 0 Å². The normalized spacial score (nSPS) is 25.1. The van der Waals surface area contributed by atoms with Crippen molar-refractivity contribution < 1.29 is 26.7 Å². The summed E-state index contributed by atoms with van der Waals surface area (Å²) >= 11 is 0. The van der Waals surface area contributed by atoms with Crippen molar-refractivity contribution >= 4 is 19.9 Å². The molecular weight excluding hydrogens is 318 g/mol. The number of benzene rings is 1. The highest BCUT2D eigenvalue weighted by atomic mass is 32.2. The number of likely N-dealkylation sites (N-methyl/N-ethyl adjacent to an activating group) is 1. The van der Waals surface area contributed by atoms with E-state index in [0.717, 1.165) is 4.31 Å². The first-order chi connectivity index (χ1) is 9.67. The van der Waals surface area contributed by atoms with Crippen LogP contribution < -0.4 is 4.74 Å². The van der Waals surface area contributed by atoms with Gasteiger partial charge >= 0.3 is 0 Å². The minimum absolute atomic E-state index is 0.0160. The summed E-state index contributed by atoms with van der Waals surface area (Å²) in [6.45, 7) is 0. The molecule has 0 aliphatic carbocycles. The summed E-state index contributed by atoms with van der Waals surface area (Å²) < 4.78 is 53.8. The van der Waals surface area contributed by atoms with Gasteiger partial charge in [-0.25, -0.2) is 16.8 Å². The largest absolute Gasteiger partial charge is 0.497 e. The number of hydrogen-bond donors (Lipinski definition) is 1. The summed E-state index contributed by atoms with van der Waals surface area (Å²) in [6, 6.07) is 4.79. The Hall–Kier alpha value is -1.16. The summed E-state index contributed by atoms with van der Waals surface area (Å²) in [5, 5.41) is 9.78. The molecule has 1 N–H and O–H groups in total. The van der Waals surface area contributed by atoms with Crippen molar-refractivity contribution in [3.63, 3.8) is 0 Å². The van der Waals surface area contributed by atoms with E-state index in [1.807, 2.05) is 0 Å². The van der Waals surface area contributed by atoms with E-state index in [2.05, 4.69) is 0 Å². The molecule has 0 aromatic heterocycles. The van der Waals surface area contributed by atoms with Gasteiger partial charge < -0.3 is 9.84 Å². The van der Waals surface area contributed by atoms with Crippen LogP contribution in [0, 0.1) is 0 Å². The lowest BCUT2D eigenvalue weighted by molar-refractivity contribution is 0.137. The second-order valence-corrected chi connectivity index (χ2v) is 9.06. The van der Waals surface area contributed by atoms with Gasteiger partial charge in [0.2, 0.25) is 10.0 Å². The molecule has 1 aliphatic heterocycles. The third-order valence-corrected chi connectivity index (χ3v) is 7.09. The Balaban J connectivity index is 2.30. The lowest BCUT2D eigenvalue weighted by Crippen LogP contribution is -2.44. The van der Waals surface area contributed by atoms with Crippen LogP contribution in [0.5, 0.6) is 5.75 Å². The number of sulfonamides is 1. The second-order valence-electron chi connectivity index (χ2n) is 4.91. The number of aliphatic hydroxyl groups is 1. The summed E-state index contributed by atoms with van der Waals surface area (Å²) in [6.07, 6.45) is -1.21. The Morgan fingerprint density at radius 2 is 1.81 bits per heavy atom. The van der Waals surface area contributed by atoms with Gasteiger partial charge in [-0.3, -0.25) is 0 Å². The molecular formula is C12H17NO6S2. The Bertz CT molecular complexity index is 711. The molecule has 2 atom stereocenters. The molecule has 0 radical (unpaired) electrons. The fourth-order valence-electron chi connectivity index (χ4n) is 2.25. The number of hydrogen-bond acceptors (Lipinski definition) is 6. The maximum atomic E-state index is 12.5. The van der Waals surface area contributed by atoms with E-state index in [0.29, 0.717) is 5.75 Å². The zero-order valence-corrected chi connectivity index (χ0v) is 13.3. The molecule has 1 fully saturated rings. The van der Waals surface area contributed by atoms with Crippen LogP contribution in [0.3, 0.4) is 0 Å². The molecule has 9 heteroatoms. The van der Waals surface area contributed by atoms with Crippen LogP contribution in [0.25, 0.3) is 0 Å². The summed E-state index contributed by atoms with van der Waals surface area (Å²) in [5.41, 5.74) is 0. The lowest BCUT2D eigenvalue weighted by Gasteiger charge is -2.25. The van der Waals surface area contributed by atoms with Crippen molar-refractivity contribution in [2.75, 3.05) is 25.7 Å². The second kappa shape index (κ2) is 5.56. The van der Waals surface area contributed by atoms with Crippen molar-refractivity contribution in [1.82, 2.24) is 4.31 Å². The number of ether oxygens (including phenoxy) is 1. The van der Waals surface area contributed by atoms with E-state index >= 15 is 0 Å². The topological polar surface area (TPSA) is 101 Å². The molecule has 1 aliphatic rings. The molecule has 118 valence electrons. The van der Waals surface area contributed by atoms with Gasteiger partial charge in [0.15, 0.2) is 9.84 Å². The predicted octanol–water partition coefficient (Wildman–Crippen LogP) is -0.526. The molecule has 0 saturated carbocycles. The highest BCUT2D eigenvalue weighted by Crippen LogP contribution is 2.25. The maximum Gasteiger partial charge on any atom is 0.243 e. The molecule has 2 rings (SSSR count). The fourth-order valence-corrected chi connectivity index (χ4v) is 5.57. The van der Waals surface area contributed by atoms with Crippen molar-refractivity contribution in [1.29, 1.82) is 0 Å². The maximum absolute atomic E-state index is 12.5. The number of rotatable bonds is 4.